The molecule has 1 amide bonds. The number of rotatable bonds is 8. The highest BCUT2D eigenvalue weighted by Gasteiger charge is 2.25. The predicted molar refractivity (Wildman–Crippen MR) is 105 cm³/mol. The molecule has 0 saturated carbocycles. The van der Waals surface area contributed by atoms with E-state index in [-0.39, 0.29) is 17.4 Å². The van der Waals surface area contributed by atoms with E-state index in [2.05, 4.69) is 5.32 Å². The van der Waals surface area contributed by atoms with Gasteiger partial charge in [0.2, 0.25) is 10.0 Å². The number of para-hydroxylation sites is 1. The zero-order valence-electron chi connectivity index (χ0n) is 15.5. The number of hydrogen-bond donors (Lipinski definition) is 1. The minimum absolute atomic E-state index is 0.0409. The van der Waals surface area contributed by atoms with Crippen LogP contribution in [0.25, 0.3) is 0 Å². The van der Waals surface area contributed by atoms with Gasteiger partial charge in [0.15, 0.2) is 6.61 Å². The molecule has 0 radical (unpaired) electrons. The number of nitrogens with one attached hydrogen (secondary N) is 1. The number of sulfonamides is 1. The van der Waals surface area contributed by atoms with Crippen LogP contribution in [-0.2, 0) is 26.0 Å². The van der Waals surface area contributed by atoms with Gasteiger partial charge in [-0.25, -0.2) is 8.42 Å². The van der Waals surface area contributed by atoms with Gasteiger partial charge < -0.3 is 14.8 Å². The Kier molecular flexibility index (Phi) is 7.02. The van der Waals surface area contributed by atoms with Crippen LogP contribution in [0.4, 0.5) is 0 Å². The summed E-state index contributed by atoms with van der Waals surface area (Å²) in [5, 5.41) is 2.79. The molecule has 28 heavy (non-hydrogen) atoms. The van der Waals surface area contributed by atoms with Crippen molar-refractivity contribution < 1.29 is 22.7 Å². The zero-order chi connectivity index (χ0) is 19.8. The molecule has 150 valence electrons. The first-order chi connectivity index (χ1) is 13.6. The average molecular weight is 404 g/mol. The molecule has 7 nitrogen and oxygen atoms in total. The van der Waals surface area contributed by atoms with Crippen molar-refractivity contribution in [3.8, 4) is 5.75 Å². The molecule has 1 saturated heterocycles. The Morgan fingerprint density at radius 1 is 1.04 bits per heavy atom. The minimum Gasteiger partial charge on any atom is -0.484 e. The number of carbonyl (C=O) groups excluding carboxylic acids is 1. The second kappa shape index (κ2) is 9.68. The van der Waals surface area contributed by atoms with Gasteiger partial charge in [0.1, 0.15) is 5.75 Å². The van der Waals surface area contributed by atoms with E-state index in [1.165, 1.54) is 4.31 Å². The Labute approximate surface area is 165 Å². The smallest absolute Gasteiger partial charge is 0.257 e. The molecular weight excluding hydrogens is 380 g/mol. The first-order valence-corrected chi connectivity index (χ1v) is 10.6. The molecule has 1 aliphatic heterocycles. The van der Waals surface area contributed by atoms with Crippen molar-refractivity contribution in [2.45, 2.75) is 11.3 Å². The number of ether oxygens (including phenoxy) is 2. The van der Waals surface area contributed by atoms with Crippen molar-refractivity contribution in [1.29, 1.82) is 0 Å². The van der Waals surface area contributed by atoms with Crippen LogP contribution in [0, 0.1) is 0 Å². The quantitative estimate of drug-likeness (QED) is 0.720. The molecule has 1 fully saturated rings. The highest BCUT2D eigenvalue weighted by atomic mass is 32.2. The highest BCUT2D eigenvalue weighted by Crippen LogP contribution is 2.17. The van der Waals surface area contributed by atoms with E-state index >= 15 is 0 Å². The van der Waals surface area contributed by atoms with Crippen molar-refractivity contribution in [1.82, 2.24) is 9.62 Å². The van der Waals surface area contributed by atoms with E-state index in [1.54, 1.807) is 36.4 Å². The van der Waals surface area contributed by atoms with Crippen LogP contribution in [0.1, 0.15) is 5.56 Å². The summed E-state index contributed by atoms with van der Waals surface area (Å²) in [7, 11) is -3.48. The molecule has 1 aliphatic rings. The molecular formula is C20H24N2O5S. The lowest BCUT2D eigenvalue weighted by Crippen LogP contribution is -2.40. The van der Waals surface area contributed by atoms with Crippen LogP contribution in [0.2, 0.25) is 0 Å². The summed E-state index contributed by atoms with van der Waals surface area (Å²) in [4.78, 5) is 12.1. The van der Waals surface area contributed by atoms with Crippen LogP contribution in [0.3, 0.4) is 0 Å². The largest absolute Gasteiger partial charge is 0.484 e. The van der Waals surface area contributed by atoms with Gasteiger partial charge in [-0.3, -0.25) is 4.79 Å². The molecule has 0 aliphatic carbocycles. The zero-order valence-corrected chi connectivity index (χ0v) is 16.4. The Morgan fingerprint density at radius 2 is 1.71 bits per heavy atom. The monoisotopic (exact) mass is 404 g/mol. The Bertz CT molecular complexity index is 863. The molecule has 0 bridgehead atoms. The van der Waals surface area contributed by atoms with Gasteiger partial charge in [-0.1, -0.05) is 30.3 Å². The van der Waals surface area contributed by atoms with E-state index < -0.39 is 10.0 Å². The van der Waals surface area contributed by atoms with E-state index in [0.29, 0.717) is 45.0 Å². The first-order valence-electron chi connectivity index (χ1n) is 9.17. The first kappa shape index (κ1) is 20.3. The van der Waals surface area contributed by atoms with Gasteiger partial charge in [0, 0.05) is 19.6 Å². The number of amides is 1. The van der Waals surface area contributed by atoms with Crippen molar-refractivity contribution in [3.05, 3.63) is 60.2 Å². The number of morpholine rings is 1. The molecule has 1 heterocycles. The maximum atomic E-state index is 12.6. The normalized spacial score (nSPS) is 15.1. The molecule has 1 N–H and O–H groups in total. The second-order valence-electron chi connectivity index (χ2n) is 6.36. The lowest BCUT2D eigenvalue weighted by Gasteiger charge is -2.26. The van der Waals surface area contributed by atoms with Crippen LogP contribution >= 0.6 is 0 Å². The SMILES string of the molecule is O=C(COc1ccccc1)NCCc1ccc(S(=O)(=O)N2CCOCC2)cc1. The number of benzene rings is 2. The standard InChI is InChI=1S/C20H24N2O5S/c23-20(16-27-18-4-2-1-3-5-18)21-11-10-17-6-8-19(9-7-17)28(24,25)22-12-14-26-15-13-22/h1-9H,10-16H2,(H,21,23). The molecule has 3 rings (SSSR count). The summed E-state index contributed by atoms with van der Waals surface area (Å²) >= 11 is 0. The lowest BCUT2D eigenvalue weighted by molar-refractivity contribution is -0.123. The average Bonchev–Trinajstić information content (AvgIpc) is 2.74. The summed E-state index contributed by atoms with van der Waals surface area (Å²) in [6, 6.07) is 15.9. The van der Waals surface area contributed by atoms with Crippen molar-refractivity contribution in [2.75, 3.05) is 39.5 Å². The van der Waals surface area contributed by atoms with Crippen molar-refractivity contribution in [3.63, 3.8) is 0 Å². The van der Waals surface area contributed by atoms with Crippen LogP contribution in [0.5, 0.6) is 5.75 Å². The summed E-state index contributed by atoms with van der Waals surface area (Å²) in [6.07, 6.45) is 0.606. The number of carbonyl (C=O) groups is 1. The van der Waals surface area contributed by atoms with Crippen LogP contribution in [-0.4, -0.2) is 58.1 Å². The molecule has 2 aromatic carbocycles. The fraction of sp³-hybridized carbons (Fsp3) is 0.350. The topological polar surface area (TPSA) is 84.9 Å². The van der Waals surface area contributed by atoms with Crippen LogP contribution in [0.15, 0.2) is 59.5 Å². The Hall–Kier alpha value is -2.42. The van der Waals surface area contributed by atoms with Gasteiger partial charge in [0.05, 0.1) is 18.1 Å². The Morgan fingerprint density at radius 3 is 2.39 bits per heavy atom. The third-order valence-electron chi connectivity index (χ3n) is 4.38. The molecule has 0 atom stereocenters. The van der Waals surface area contributed by atoms with Crippen molar-refractivity contribution >= 4 is 15.9 Å². The summed E-state index contributed by atoms with van der Waals surface area (Å²) in [5.41, 5.74) is 0.949. The number of nitrogens with zero attached hydrogens (tertiary/aromatic N) is 1. The lowest BCUT2D eigenvalue weighted by atomic mass is 10.1. The van der Waals surface area contributed by atoms with Gasteiger partial charge in [-0.15, -0.1) is 0 Å². The maximum Gasteiger partial charge on any atom is 0.257 e. The predicted octanol–water partition coefficient (Wildman–Crippen LogP) is 1.45. The maximum absolute atomic E-state index is 12.6. The fourth-order valence-corrected chi connectivity index (χ4v) is 4.23. The highest BCUT2D eigenvalue weighted by molar-refractivity contribution is 7.89. The van der Waals surface area contributed by atoms with E-state index in [9.17, 15) is 13.2 Å². The van der Waals surface area contributed by atoms with E-state index in [4.69, 9.17) is 9.47 Å². The third-order valence-corrected chi connectivity index (χ3v) is 6.29. The van der Waals surface area contributed by atoms with Gasteiger partial charge in [-0.05, 0) is 36.2 Å². The van der Waals surface area contributed by atoms with Gasteiger partial charge in [-0.2, -0.15) is 4.31 Å². The molecule has 2 aromatic rings. The molecule has 8 heteroatoms. The van der Waals surface area contributed by atoms with E-state index in [1.807, 2.05) is 18.2 Å². The summed E-state index contributed by atoms with van der Waals surface area (Å²) in [5.74, 6) is 0.449. The van der Waals surface area contributed by atoms with E-state index in [0.717, 1.165) is 5.56 Å². The molecule has 0 aromatic heterocycles. The molecule has 0 spiro atoms. The summed E-state index contributed by atoms with van der Waals surface area (Å²) < 4.78 is 37.2. The summed E-state index contributed by atoms with van der Waals surface area (Å²) in [6.45, 7) is 2.01. The number of hydrogen-bond acceptors (Lipinski definition) is 5. The minimum atomic E-state index is -3.48. The fourth-order valence-electron chi connectivity index (χ4n) is 2.83. The Balaban J connectivity index is 1.44. The third kappa shape index (κ3) is 5.54. The van der Waals surface area contributed by atoms with Gasteiger partial charge in [0.25, 0.3) is 5.91 Å². The van der Waals surface area contributed by atoms with Gasteiger partial charge >= 0.3 is 0 Å². The molecule has 0 unspecified atom stereocenters. The second-order valence-corrected chi connectivity index (χ2v) is 8.30. The van der Waals surface area contributed by atoms with Crippen LogP contribution < -0.4 is 10.1 Å². The van der Waals surface area contributed by atoms with Crippen molar-refractivity contribution in [2.24, 2.45) is 0 Å².